The highest BCUT2D eigenvalue weighted by atomic mass is 17.0. The molecule has 0 aromatic carbocycles. The summed E-state index contributed by atoms with van der Waals surface area (Å²) in [6.45, 7) is 16.7. The fraction of sp³-hybridized carbons (Fsp3) is 0.962. The Kier molecular flexibility index (Phi) is 5.55. The van der Waals surface area contributed by atoms with Gasteiger partial charge in [0, 0.05) is 17.8 Å². The van der Waals surface area contributed by atoms with Crippen molar-refractivity contribution < 1.29 is 28.7 Å². The molecule has 3 aliphatic carbocycles. The maximum absolute atomic E-state index is 12.4. The van der Waals surface area contributed by atoms with Crippen LogP contribution in [0.25, 0.3) is 0 Å². The maximum Gasteiger partial charge on any atom is 0.337 e. The summed E-state index contributed by atoms with van der Waals surface area (Å²) in [6, 6.07) is 0. The minimum Gasteiger partial charge on any atom is -0.467 e. The van der Waals surface area contributed by atoms with Gasteiger partial charge in [0.15, 0.2) is 12.4 Å². The van der Waals surface area contributed by atoms with Crippen molar-refractivity contribution in [3.8, 4) is 0 Å². The first-order chi connectivity index (χ1) is 15.3. The molecular formula is C26H43NO6. The molecule has 2 aliphatic heterocycles. The van der Waals surface area contributed by atoms with Crippen LogP contribution in [0.5, 0.6) is 0 Å². The first-order valence-electron chi connectivity index (χ1n) is 12.8. The van der Waals surface area contributed by atoms with Crippen LogP contribution in [0, 0.1) is 34.0 Å². The van der Waals surface area contributed by atoms with Crippen LogP contribution in [0.2, 0.25) is 0 Å². The Hall–Kier alpha value is -0.730. The zero-order valence-electron chi connectivity index (χ0n) is 21.7. The lowest BCUT2D eigenvalue weighted by Gasteiger charge is -2.46. The van der Waals surface area contributed by atoms with E-state index in [9.17, 15) is 4.79 Å². The van der Waals surface area contributed by atoms with Gasteiger partial charge in [-0.05, 0) is 55.3 Å². The second kappa shape index (κ2) is 7.63. The van der Waals surface area contributed by atoms with Crippen LogP contribution in [0.15, 0.2) is 0 Å². The fourth-order valence-corrected chi connectivity index (χ4v) is 7.76. The van der Waals surface area contributed by atoms with E-state index in [0.29, 0.717) is 18.4 Å². The quantitative estimate of drug-likeness (QED) is 0.554. The van der Waals surface area contributed by atoms with Gasteiger partial charge in [0.2, 0.25) is 0 Å². The van der Waals surface area contributed by atoms with E-state index in [1.165, 1.54) is 13.5 Å². The molecule has 0 aromatic heterocycles. The zero-order chi connectivity index (χ0) is 24.0. The molecule has 7 nitrogen and oxygen atoms in total. The summed E-state index contributed by atoms with van der Waals surface area (Å²) in [7, 11) is 1.42. The van der Waals surface area contributed by atoms with Gasteiger partial charge in [-0.15, -0.1) is 0 Å². The molecule has 0 aromatic rings. The molecule has 0 spiro atoms. The summed E-state index contributed by atoms with van der Waals surface area (Å²) < 4.78 is 18.5. The molecule has 2 heterocycles. The van der Waals surface area contributed by atoms with Crippen LogP contribution in [0.1, 0.15) is 80.6 Å². The first-order valence-corrected chi connectivity index (χ1v) is 12.8. The van der Waals surface area contributed by atoms with Crippen molar-refractivity contribution in [1.82, 2.24) is 5.23 Å². The third kappa shape index (κ3) is 3.36. The van der Waals surface area contributed by atoms with E-state index in [2.05, 4.69) is 48.5 Å². The predicted octanol–water partition coefficient (Wildman–Crippen LogP) is 4.49. The number of esters is 1. The molecule has 3 saturated carbocycles. The third-order valence-corrected chi connectivity index (χ3v) is 10.2. The number of carbonyl (C=O) groups is 1. The standard InChI is InChI=1S/C26H43NO6/c1-23(2,3)14-30-21-19(16-11-12-25(21,6)24(16,4)5)31-18-13-15-9-10-17-20(22(28)29-8)33-27(32-18)26(15,17)7/h15-21H,9-14H2,1-8H3/t15-,16?,17+,18-,19?,20-,21?,25-,26+/m0/s1. The Morgan fingerprint density at radius 1 is 1.06 bits per heavy atom. The second-order valence-electron chi connectivity index (χ2n) is 13.4. The van der Waals surface area contributed by atoms with Gasteiger partial charge in [0.1, 0.15) is 0 Å². The predicted molar refractivity (Wildman–Crippen MR) is 122 cm³/mol. The second-order valence-corrected chi connectivity index (χ2v) is 13.4. The summed E-state index contributed by atoms with van der Waals surface area (Å²) in [5, 5.41) is 1.59. The molecule has 33 heavy (non-hydrogen) atoms. The highest BCUT2D eigenvalue weighted by Crippen LogP contribution is 2.67. The number of rotatable bonds is 5. The van der Waals surface area contributed by atoms with Crippen molar-refractivity contribution in [2.75, 3.05) is 13.7 Å². The molecule has 7 heteroatoms. The Morgan fingerprint density at radius 2 is 1.79 bits per heavy atom. The Labute approximate surface area is 198 Å². The first kappa shape index (κ1) is 24.0. The summed E-state index contributed by atoms with van der Waals surface area (Å²) in [5.74, 6) is 0.546. The van der Waals surface area contributed by atoms with Crippen molar-refractivity contribution in [3.05, 3.63) is 0 Å². The molecule has 2 bridgehead atoms. The molecule has 5 rings (SSSR count). The summed E-state index contributed by atoms with van der Waals surface area (Å²) in [6.07, 6.45) is 4.14. The smallest absolute Gasteiger partial charge is 0.337 e. The lowest BCUT2D eigenvalue weighted by Crippen LogP contribution is -2.55. The van der Waals surface area contributed by atoms with Gasteiger partial charge in [-0.25, -0.2) is 9.63 Å². The van der Waals surface area contributed by atoms with Crippen molar-refractivity contribution in [3.63, 3.8) is 0 Å². The van der Waals surface area contributed by atoms with Gasteiger partial charge in [-0.1, -0.05) is 46.8 Å². The van der Waals surface area contributed by atoms with Crippen LogP contribution in [0.3, 0.4) is 0 Å². The Morgan fingerprint density at radius 3 is 2.45 bits per heavy atom. The van der Waals surface area contributed by atoms with Crippen LogP contribution in [-0.2, 0) is 28.7 Å². The van der Waals surface area contributed by atoms with Crippen LogP contribution >= 0.6 is 0 Å². The van der Waals surface area contributed by atoms with Gasteiger partial charge in [0.25, 0.3) is 0 Å². The molecule has 3 unspecified atom stereocenters. The lowest BCUT2D eigenvalue weighted by atomic mass is 9.70. The van der Waals surface area contributed by atoms with E-state index >= 15 is 0 Å². The highest BCUT2D eigenvalue weighted by Gasteiger charge is 2.69. The van der Waals surface area contributed by atoms with Crippen LogP contribution in [-0.4, -0.2) is 55.1 Å². The molecule has 9 atom stereocenters. The minimum atomic E-state index is -0.605. The molecule has 188 valence electrons. The molecule has 2 saturated heterocycles. The zero-order valence-corrected chi connectivity index (χ0v) is 21.7. The van der Waals surface area contributed by atoms with Gasteiger partial charge in [-0.2, -0.15) is 0 Å². The Balaban J connectivity index is 1.35. The van der Waals surface area contributed by atoms with Crippen LogP contribution in [0.4, 0.5) is 0 Å². The third-order valence-electron chi connectivity index (χ3n) is 10.2. The minimum absolute atomic E-state index is 0.00772. The molecule has 5 fully saturated rings. The molecular weight excluding hydrogens is 422 g/mol. The largest absolute Gasteiger partial charge is 0.467 e. The number of ether oxygens (including phenoxy) is 3. The molecule has 5 aliphatic rings. The fourth-order valence-electron chi connectivity index (χ4n) is 7.76. The van der Waals surface area contributed by atoms with E-state index in [1.807, 2.05) is 0 Å². The normalized spacial score (nSPS) is 48.3. The van der Waals surface area contributed by atoms with Gasteiger partial charge in [-0.3, -0.25) is 4.84 Å². The highest BCUT2D eigenvalue weighted by molar-refractivity contribution is 5.75. The van der Waals surface area contributed by atoms with E-state index in [-0.39, 0.29) is 45.9 Å². The molecule has 0 N–H and O–H groups in total. The maximum atomic E-state index is 12.4. The number of carbonyl (C=O) groups excluding carboxylic acids is 1. The SMILES string of the molecule is COC(=O)[C@H]1ON2O[C@H](OC3C4CC[C@@](C)(C3OCC(C)(C)C)C4(C)C)C[C@@H]3CC[C@H]1[C@@]32C. The van der Waals surface area contributed by atoms with E-state index < -0.39 is 12.4 Å². The number of hydrogen-bond acceptors (Lipinski definition) is 7. The Bertz CT molecular complexity index is 794. The summed E-state index contributed by atoms with van der Waals surface area (Å²) in [4.78, 5) is 24.7. The van der Waals surface area contributed by atoms with Gasteiger partial charge in [0.05, 0.1) is 31.5 Å². The van der Waals surface area contributed by atoms with E-state index in [1.54, 1.807) is 5.23 Å². The van der Waals surface area contributed by atoms with Crippen molar-refractivity contribution >= 4 is 5.97 Å². The average molecular weight is 466 g/mol. The van der Waals surface area contributed by atoms with Crippen molar-refractivity contribution in [1.29, 1.82) is 0 Å². The summed E-state index contributed by atoms with van der Waals surface area (Å²) >= 11 is 0. The number of nitrogens with zero attached hydrogens (tertiary/aromatic N) is 1. The lowest BCUT2D eigenvalue weighted by molar-refractivity contribution is -0.464. The topological polar surface area (TPSA) is 66.5 Å². The van der Waals surface area contributed by atoms with Crippen LogP contribution < -0.4 is 0 Å². The summed E-state index contributed by atoms with van der Waals surface area (Å²) in [5.41, 5.74) is -0.000703. The van der Waals surface area contributed by atoms with Crippen molar-refractivity contribution in [2.45, 2.75) is 111 Å². The van der Waals surface area contributed by atoms with E-state index in [4.69, 9.17) is 23.9 Å². The molecule has 0 amide bonds. The van der Waals surface area contributed by atoms with E-state index in [0.717, 1.165) is 25.7 Å². The van der Waals surface area contributed by atoms with Gasteiger partial charge < -0.3 is 14.2 Å². The number of methoxy groups -OCH3 is 1. The van der Waals surface area contributed by atoms with Gasteiger partial charge >= 0.3 is 5.97 Å². The van der Waals surface area contributed by atoms with Crippen molar-refractivity contribution in [2.24, 2.45) is 34.0 Å². The number of hydrogen-bond donors (Lipinski definition) is 0. The average Bonchev–Trinajstić information content (AvgIpc) is 3.34. The number of fused-ring (bicyclic) bond motifs is 2. The monoisotopic (exact) mass is 465 g/mol. The number of hydroxylamine groups is 2. The molecule has 0 radical (unpaired) electrons.